The second kappa shape index (κ2) is 5.86. The number of ketones is 2. The number of carbonyl (C=O) groups excluding carboxylic acids is 3. The van der Waals surface area contributed by atoms with Crippen molar-refractivity contribution < 1.29 is 39.5 Å². The highest BCUT2D eigenvalue weighted by molar-refractivity contribution is 6.02. The number of carbonyl (C=O) groups is 3. The van der Waals surface area contributed by atoms with Gasteiger partial charge in [0.15, 0.2) is 23.4 Å². The van der Waals surface area contributed by atoms with Crippen LogP contribution in [0.3, 0.4) is 0 Å². The first-order chi connectivity index (χ1) is 10.6. The van der Waals surface area contributed by atoms with Crippen LogP contribution in [0.2, 0.25) is 0 Å². The van der Waals surface area contributed by atoms with E-state index in [2.05, 4.69) is 4.74 Å². The maximum absolute atomic E-state index is 12.7. The standard InChI is InChI=1S/C16H24O8/c1-14(2,3)9(19)10(20)16(23,13(22)15(4,5)6)11-7(17)8(18)12(21)24-11/h10-11,17-18,20,23H,1-6H3/t10?,11-,16?/m0/s1. The monoisotopic (exact) mass is 344 g/mol. The highest BCUT2D eigenvalue weighted by atomic mass is 16.6. The highest BCUT2D eigenvalue weighted by Crippen LogP contribution is 2.38. The van der Waals surface area contributed by atoms with Gasteiger partial charge < -0.3 is 25.2 Å². The van der Waals surface area contributed by atoms with E-state index in [0.29, 0.717) is 0 Å². The van der Waals surface area contributed by atoms with Crippen molar-refractivity contribution in [1.29, 1.82) is 0 Å². The zero-order valence-corrected chi connectivity index (χ0v) is 14.6. The van der Waals surface area contributed by atoms with E-state index in [1.165, 1.54) is 41.5 Å². The SMILES string of the molecule is CC(C)(C)C(=O)C(O)C(O)(C(=O)C(C)(C)C)[C@H]1OC(=O)C(O)=C1O. The van der Waals surface area contributed by atoms with E-state index in [1.54, 1.807) is 0 Å². The van der Waals surface area contributed by atoms with Crippen molar-refractivity contribution in [3.8, 4) is 0 Å². The minimum absolute atomic E-state index is 0.891. The van der Waals surface area contributed by atoms with Crippen LogP contribution in [0, 0.1) is 10.8 Å². The molecule has 0 aromatic heterocycles. The molecule has 3 atom stereocenters. The largest absolute Gasteiger partial charge is 0.505 e. The third-order valence-corrected chi connectivity index (χ3v) is 3.76. The van der Waals surface area contributed by atoms with E-state index < -0.39 is 57.7 Å². The Kier molecular flexibility index (Phi) is 4.91. The fourth-order valence-corrected chi connectivity index (χ4v) is 2.34. The lowest BCUT2D eigenvalue weighted by atomic mass is 9.70. The molecule has 24 heavy (non-hydrogen) atoms. The molecule has 0 saturated carbocycles. The van der Waals surface area contributed by atoms with Gasteiger partial charge in [0, 0.05) is 10.8 Å². The molecule has 4 N–H and O–H groups in total. The molecule has 8 nitrogen and oxygen atoms in total. The molecule has 1 heterocycles. The van der Waals surface area contributed by atoms with Crippen LogP contribution in [0.25, 0.3) is 0 Å². The van der Waals surface area contributed by atoms with Crippen molar-refractivity contribution in [2.24, 2.45) is 10.8 Å². The lowest BCUT2D eigenvalue weighted by molar-refractivity contribution is -0.191. The molecule has 0 radical (unpaired) electrons. The van der Waals surface area contributed by atoms with E-state index in [9.17, 15) is 34.8 Å². The Hall–Kier alpha value is -1.93. The first-order valence-corrected chi connectivity index (χ1v) is 7.39. The molecule has 0 aromatic rings. The van der Waals surface area contributed by atoms with Gasteiger partial charge in [-0.05, 0) is 0 Å². The summed E-state index contributed by atoms with van der Waals surface area (Å²) < 4.78 is 4.66. The van der Waals surface area contributed by atoms with Crippen molar-refractivity contribution in [3.05, 3.63) is 11.5 Å². The van der Waals surface area contributed by atoms with Crippen LogP contribution in [0.15, 0.2) is 11.5 Å². The Morgan fingerprint density at radius 2 is 1.50 bits per heavy atom. The number of aliphatic hydroxyl groups excluding tert-OH is 3. The smallest absolute Gasteiger partial charge is 0.378 e. The summed E-state index contributed by atoms with van der Waals surface area (Å²) in [5.74, 6) is -5.58. The van der Waals surface area contributed by atoms with Gasteiger partial charge in [0.05, 0.1) is 0 Å². The Morgan fingerprint density at radius 1 is 1.04 bits per heavy atom. The van der Waals surface area contributed by atoms with E-state index in [0.717, 1.165) is 0 Å². The van der Waals surface area contributed by atoms with Crippen LogP contribution >= 0.6 is 0 Å². The summed E-state index contributed by atoms with van der Waals surface area (Å²) in [5, 5.41) is 40.6. The van der Waals surface area contributed by atoms with E-state index in [-0.39, 0.29) is 0 Å². The maximum Gasteiger partial charge on any atom is 0.378 e. The minimum atomic E-state index is -2.95. The van der Waals surface area contributed by atoms with Gasteiger partial charge >= 0.3 is 5.97 Å². The number of hydrogen-bond acceptors (Lipinski definition) is 8. The number of hydrogen-bond donors (Lipinski definition) is 4. The van der Waals surface area contributed by atoms with E-state index in [4.69, 9.17) is 0 Å². The molecule has 0 fully saturated rings. The molecule has 1 aliphatic rings. The number of ether oxygens (including phenoxy) is 1. The van der Waals surface area contributed by atoms with E-state index >= 15 is 0 Å². The van der Waals surface area contributed by atoms with Gasteiger partial charge in [-0.15, -0.1) is 0 Å². The van der Waals surface area contributed by atoms with Gasteiger partial charge in [-0.25, -0.2) is 4.79 Å². The van der Waals surface area contributed by atoms with Gasteiger partial charge in [-0.2, -0.15) is 0 Å². The van der Waals surface area contributed by atoms with Gasteiger partial charge in [0.25, 0.3) is 0 Å². The summed E-state index contributed by atoms with van der Waals surface area (Å²) >= 11 is 0. The van der Waals surface area contributed by atoms with Crippen LogP contribution in [-0.4, -0.2) is 55.8 Å². The summed E-state index contributed by atoms with van der Waals surface area (Å²) in [6, 6.07) is 0. The van der Waals surface area contributed by atoms with Crippen molar-refractivity contribution in [1.82, 2.24) is 0 Å². The minimum Gasteiger partial charge on any atom is -0.505 e. The normalized spacial score (nSPS) is 22.8. The summed E-state index contributed by atoms with van der Waals surface area (Å²) in [7, 11) is 0. The third kappa shape index (κ3) is 3.16. The number of rotatable bonds is 4. The summed E-state index contributed by atoms with van der Waals surface area (Å²) in [4.78, 5) is 36.6. The molecule has 0 amide bonds. The lowest BCUT2D eigenvalue weighted by Gasteiger charge is -2.39. The Labute approximate surface area is 139 Å². The fraction of sp³-hybridized carbons (Fsp3) is 0.688. The molecular weight excluding hydrogens is 320 g/mol. The highest BCUT2D eigenvalue weighted by Gasteiger charge is 2.62. The number of Topliss-reactive ketones (excluding diaryl/α,β-unsaturated/α-hetero) is 2. The van der Waals surface area contributed by atoms with Crippen LogP contribution in [0.1, 0.15) is 41.5 Å². The van der Waals surface area contributed by atoms with Crippen molar-refractivity contribution in [3.63, 3.8) is 0 Å². The molecule has 0 aliphatic carbocycles. The summed E-state index contributed by atoms with van der Waals surface area (Å²) in [6.45, 7) is 8.67. The average molecular weight is 344 g/mol. The van der Waals surface area contributed by atoms with Gasteiger partial charge in [0.2, 0.25) is 17.5 Å². The van der Waals surface area contributed by atoms with Gasteiger partial charge in [-0.1, -0.05) is 41.5 Å². The van der Waals surface area contributed by atoms with Crippen LogP contribution in [0.4, 0.5) is 0 Å². The van der Waals surface area contributed by atoms with Crippen molar-refractivity contribution in [2.45, 2.75) is 59.4 Å². The quantitative estimate of drug-likeness (QED) is 0.542. The lowest BCUT2D eigenvalue weighted by Crippen LogP contribution is -2.65. The van der Waals surface area contributed by atoms with E-state index in [1.807, 2.05) is 0 Å². The molecule has 1 aliphatic heterocycles. The molecule has 8 heteroatoms. The molecule has 1 rings (SSSR count). The molecular formula is C16H24O8. The molecule has 0 aromatic carbocycles. The number of esters is 1. The van der Waals surface area contributed by atoms with Crippen LogP contribution in [-0.2, 0) is 19.1 Å². The summed E-state index contributed by atoms with van der Waals surface area (Å²) in [5.41, 5.74) is -5.33. The Morgan fingerprint density at radius 3 is 1.79 bits per heavy atom. The Balaban J connectivity index is 3.53. The van der Waals surface area contributed by atoms with Gasteiger partial charge in [0.1, 0.15) is 0 Å². The van der Waals surface area contributed by atoms with Gasteiger partial charge in [-0.3, -0.25) is 9.59 Å². The van der Waals surface area contributed by atoms with Crippen LogP contribution < -0.4 is 0 Å². The first-order valence-electron chi connectivity index (χ1n) is 7.39. The topological polar surface area (TPSA) is 141 Å². The predicted molar refractivity (Wildman–Crippen MR) is 82.0 cm³/mol. The second-order valence-electron chi connectivity index (χ2n) is 7.94. The average Bonchev–Trinajstić information content (AvgIpc) is 2.70. The molecule has 0 spiro atoms. The second-order valence-corrected chi connectivity index (χ2v) is 7.94. The first kappa shape index (κ1) is 20.1. The third-order valence-electron chi connectivity index (χ3n) is 3.76. The molecule has 136 valence electrons. The number of cyclic esters (lactones) is 1. The van der Waals surface area contributed by atoms with Crippen LogP contribution in [0.5, 0.6) is 0 Å². The fourth-order valence-electron chi connectivity index (χ4n) is 2.34. The zero-order chi connectivity index (χ0) is 19.2. The number of aliphatic hydroxyl groups is 4. The predicted octanol–water partition coefficient (Wildman–Crippen LogP) is 0.562. The molecule has 0 bridgehead atoms. The maximum atomic E-state index is 12.7. The molecule has 2 unspecified atom stereocenters. The summed E-state index contributed by atoms with van der Waals surface area (Å²) in [6.07, 6.45) is -4.37. The molecule has 0 saturated heterocycles. The van der Waals surface area contributed by atoms with Crippen molar-refractivity contribution >= 4 is 17.5 Å². The Bertz CT molecular complexity index is 605. The zero-order valence-electron chi connectivity index (χ0n) is 14.6. The van der Waals surface area contributed by atoms with Crippen molar-refractivity contribution in [2.75, 3.05) is 0 Å².